The molecular formula is C68H94O13. The van der Waals surface area contributed by atoms with Crippen molar-refractivity contribution in [1.29, 1.82) is 0 Å². The van der Waals surface area contributed by atoms with Crippen molar-refractivity contribution >= 4 is 29.8 Å². The molecule has 6 N–H and O–H groups in total. The fraction of sp³-hybridized carbons (Fsp3) is 0.676. The number of fused-ring (bicyclic) bond motifs is 9. The van der Waals surface area contributed by atoms with Gasteiger partial charge in [-0.15, -0.1) is 0 Å². The Kier molecular flexibility index (Phi) is 15.0. The number of hydrogen-bond donors (Lipinski definition) is 6. The van der Waals surface area contributed by atoms with Crippen molar-refractivity contribution in [3.63, 3.8) is 0 Å². The van der Waals surface area contributed by atoms with Gasteiger partial charge in [-0.05, 0) is 202 Å². The lowest BCUT2D eigenvalue weighted by Crippen LogP contribution is -2.67. The first kappa shape index (κ1) is 60.6. The molecule has 10 rings (SSSR count). The number of aliphatic hydroxyl groups excluding tert-OH is 2. The number of carboxylic acids is 3. The fourth-order valence-corrected chi connectivity index (χ4v) is 18.4. The van der Waals surface area contributed by atoms with E-state index in [0.29, 0.717) is 67.2 Å². The van der Waals surface area contributed by atoms with E-state index in [2.05, 4.69) is 60.6 Å². The summed E-state index contributed by atoms with van der Waals surface area (Å²) in [5.74, 6) is -3.44. The van der Waals surface area contributed by atoms with Crippen LogP contribution in [0.4, 0.5) is 0 Å². The third-order valence-electron chi connectivity index (χ3n) is 23.1. The van der Waals surface area contributed by atoms with Crippen molar-refractivity contribution in [3.8, 4) is 17.2 Å². The summed E-state index contributed by atoms with van der Waals surface area (Å²) in [6.07, 6.45) is 22.5. The predicted octanol–water partition coefficient (Wildman–Crippen LogP) is 13.7. The third kappa shape index (κ3) is 8.98. The van der Waals surface area contributed by atoms with Gasteiger partial charge in [0, 0.05) is 29.0 Å². The molecule has 3 heterocycles. The van der Waals surface area contributed by atoms with Crippen molar-refractivity contribution in [2.24, 2.45) is 56.2 Å². The predicted molar refractivity (Wildman–Crippen MR) is 312 cm³/mol. The Morgan fingerprint density at radius 2 is 1.41 bits per heavy atom. The summed E-state index contributed by atoms with van der Waals surface area (Å²) in [7, 11) is 0. The maximum Gasteiger partial charge on any atom is 0.340 e. The Morgan fingerprint density at radius 3 is 2.04 bits per heavy atom. The van der Waals surface area contributed by atoms with Crippen LogP contribution in [0.5, 0.6) is 17.2 Å². The number of carbonyl (C=O) groups excluding carboxylic acids is 1. The first-order chi connectivity index (χ1) is 37.5. The smallest absolute Gasteiger partial charge is 0.340 e. The fourth-order valence-electron chi connectivity index (χ4n) is 18.4. The number of aliphatic hydroxyl groups is 2. The molecule has 5 fully saturated rings. The SMILES string of the molecule is CC(C)=CCCC1(C)C=Cc2c(O)c3c(c(CC=C(C)C)c2O1)OC12C(=CCCC1C(C)(C)OC2(CC=C(C)C(=O)O)C(=O)O)C3=O.CC1(C)CCC2(C(=O)O)C(O)CC3(C)C(=CCC4C5(C)CCC(O)C(C)(C)C5CCC43C)C2C1. The zero-order valence-electron chi connectivity index (χ0n) is 51.2. The van der Waals surface area contributed by atoms with Gasteiger partial charge < -0.3 is 44.8 Å². The standard InChI is InChI=1S/C38H46O9.C30H48O4/c1-21(2)11-10-18-36(8)19-17-24-29(39)28-30(40)26-12-9-13-27-35(6,7)47-37(34(43)44,20-16-23(5)33(41)42)38(26,27)46-32(28)25(31(24)45-36)15-14-22(3)4;1-25(2)14-15-30(24(33)34)19(16-25)18-8-9-21-27(5)12-11-22(31)26(3,4)20(27)10-13-28(21,6)29(18,7)17-23(30)32/h11-12,14,16-17,19,27,39H,9-10,13,15,18,20H2,1-8H3,(H,41,42)(H,43,44);8,19-23,31-32H,9-17H2,1-7H3,(H,33,34). The average Bonchev–Trinajstić information content (AvgIpc) is 3.57. The van der Waals surface area contributed by atoms with Crippen LogP contribution < -0.4 is 9.47 Å². The van der Waals surface area contributed by atoms with Crippen LogP contribution in [0.25, 0.3) is 6.08 Å². The molecule has 3 aliphatic heterocycles. The van der Waals surface area contributed by atoms with Gasteiger partial charge in [-0.2, -0.15) is 0 Å². The van der Waals surface area contributed by atoms with E-state index in [1.165, 1.54) is 24.1 Å². The summed E-state index contributed by atoms with van der Waals surface area (Å²) in [5.41, 5.74) is -2.37. The molecule has 13 heteroatoms. The summed E-state index contributed by atoms with van der Waals surface area (Å²) < 4.78 is 20.2. The number of Topliss-reactive ketones (excluding diaryl/α,β-unsaturated/α-hetero) is 1. The zero-order valence-corrected chi connectivity index (χ0v) is 51.2. The minimum absolute atomic E-state index is 0.0218. The van der Waals surface area contributed by atoms with Crippen LogP contribution in [0.15, 0.2) is 64.3 Å². The molecule has 0 bridgehead atoms. The second-order valence-corrected chi connectivity index (χ2v) is 29.6. The third-order valence-corrected chi connectivity index (χ3v) is 23.1. The summed E-state index contributed by atoms with van der Waals surface area (Å²) in [5, 5.41) is 65.5. The molecule has 1 aromatic rings. The maximum absolute atomic E-state index is 14.7. The van der Waals surface area contributed by atoms with Gasteiger partial charge in [0.2, 0.25) is 5.60 Å². The van der Waals surface area contributed by atoms with Gasteiger partial charge in [-0.3, -0.25) is 9.59 Å². The molecule has 13 nitrogen and oxygen atoms in total. The number of phenols is 1. The number of benzene rings is 1. The Hall–Kier alpha value is -4.98. The molecule has 81 heavy (non-hydrogen) atoms. The lowest BCUT2D eigenvalue weighted by Gasteiger charge is -2.71. The largest absolute Gasteiger partial charge is 0.506 e. The Bertz CT molecular complexity index is 2990. The van der Waals surface area contributed by atoms with Gasteiger partial charge in [0.1, 0.15) is 33.8 Å². The van der Waals surface area contributed by atoms with Crippen LogP contribution in [-0.2, 0) is 25.5 Å². The van der Waals surface area contributed by atoms with Crippen LogP contribution in [0, 0.1) is 56.2 Å². The van der Waals surface area contributed by atoms with E-state index >= 15 is 0 Å². The number of carbonyl (C=O) groups is 4. The van der Waals surface area contributed by atoms with Crippen molar-refractivity contribution in [3.05, 3.63) is 81.0 Å². The molecule has 0 radical (unpaired) electrons. The second-order valence-electron chi connectivity index (χ2n) is 29.6. The van der Waals surface area contributed by atoms with E-state index in [9.17, 15) is 49.8 Å². The van der Waals surface area contributed by atoms with Gasteiger partial charge in [0.05, 0.1) is 23.4 Å². The van der Waals surface area contributed by atoms with E-state index < -0.39 is 63.5 Å². The monoisotopic (exact) mass is 1120 g/mol. The number of hydrogen-bond acceptors (Lipinski definition) is 10. The summed E-state index contributed by atoms with van der Waals surface area (Å²) >= 11 is 0. The molecular weight excluding hydrogens is 1020 g/mol. The van der Waals surface area contributed by atoms with Gasteiger partial charge >= 0.3 is 17.9 Å². The maximum atomic E-state index is 14.7. The van der Waals surface area contributed by atoms with E-state index in [1.54, 1.807) is 26.0 Å². The number of carboxylic acid groups (broad SMARTS) is 3. The minimum Gasteiger partial charge on any atom is -0.506 e. The molecule has 0 aromatic heterocycles. The van der Waals surface area contributed by atoms with Crippen LogP contribution in [0.3, 0.4) is 0 Å². The van der Waals surface area contributed by atoms with E-state index in [0.717, 1.165) is 56.9 Å². The Morgan fingerprint density at radius 1 is 0.728 bits per heavy atom. The van der Waals surface area contributed by atoms with Crippen molar-refractivity contribution in [1.82, 2.24) is 0 Å². The molecule has 13 atom stereocenters. The molecule has 6 aliphatic carbocycles. The lowest BCUT2D eigenvalue weighted by atomic mass is 9.33. The molecule has 13 unspecified atom stereocenters. The summed E-state index contributed by atoms with van der Waals surface area (Å²) in [6, 6.07) is 0. The van der Waals surface area contributed by atoms with Gasteiger partial charge in [-0.25, -0.2) is 9.59 Å². The van der Waals surface area contributed by atoms with E-state index in [4.69, 9.17) is 14.2 Å². The van der Waals surface area contributed by atoms with Crippen LogP contribution in [0.2, 0.25) is 0 Å². The Balaban J connectivity index is 0.000000205. The molecule has 1 spiro atoms. The van der Waals surface area contributed by atoms with Gasteiger partial charge in [0.25, 0.3) is 0 Å². The highest BCUT2D eigenvalue weighted by Gasteiger charge is 2.78. The lowest BCUT2D eigenvalue weighted by molar-refractivity contribution is -0.218. The summed E-state index contributed by atoms with van der Waals surface area (Å²) in [6.45, 7) is 31.3. The number of rotatable bonds is 10. The molecule has 9 aliphatic rings. The number of phenolic OH excluding ortho intramolecular Hbond substituents is 1. The summed E-state index contributed by atoms with van der Waals surface area (Å²) in [4.78, 5) is 52.8. The second kappa shape index (κ2) is 20.1. The highest BCUT2D eigenvalue weighted by atomic mass is 16.6. The minimum atomic E-state index is -2.16. The highest BCUT2D eigenvalue weighted by molar-refractivity contribution is 6.17. The van der Waals surface area contributed by atoms with E-state index in [-0.39, 0.29) is 73.7 Å². The average molecular weight is 1120 g/mol. The van der Waals surface area contributed by atoms with Crippen LogP contribution in [-0.4, -0.2) is 88.9 Å². The normalized spacial score (nSPS) is 38.9. The van der Waals surface area contributed by atoms with Crippen molar-refractivity contribution in [2.45, 2.75) is 235 Å². The van der Waals surface area contributed by atoms with Crippen molar-refractivity contribution < 1.29 is 64.0 Å². The Labute approximate surface area is 481 Å². The van der Waals surface area contributed by atoms with Crippen molar-refractivity contribution in [2.75, 3.05) is 0 Å². The molecule has 1 aromatic carbocycles. The topological polar surface area (TPSA) is 217 Å². The molecule has 444 valence electrons. The molecule has 4 saturated carbocycles. The first-order valence-corrected chi connectivity index (χ1v) is 30.1. The molecule has 1 saturated heterocycles. The number of aromatic hydroxyl groups is 1. The number of ketones is 1. The van der Waals surface area contributed by atoms with Crippen LogP contribution >= 0.6 is 0 Å². The van der Waals surface area contributed by atoms with Crippen LogP contribution in [0.1, 0.15) is 215 Å². The zero-order chi connectivity index (χ0) is 59.8. The van der Waals surface area contributed by atoms with Gasteiger partial charge in [-0.1, -0.05) is 95.6 Å². The number of ether oxygens (including phenoxy) is 3. The molecule has 0 amide bonds. The quantitative estimate of drug-likeness (QED) is 0.0950. The highest BCUT2D eigenvalue weighted by Crippen LogP contribution is 2.76. The number of aliphatic carboxylic acids is 3. The first-order valence-electron chi connectivity index (χ1n) is 30.1. The number of allylic oxidation sites excluding steroid dienone is 7. The van der Waals surface area contributed by atoms with E-state index in [1.807, 2.05) is 46.8 Å². The van der Waals surface area contributed by atoms with Gasteiger partial charge in [0.15, 0.2) is 11.4 Å².